The molecular weight excluding hydrogens is 346 g/mol. The van der Waals surface area contributed by atoms with Crippen LogP contribution in [0, 0.1) is 11.3 Å². The molecule has 0 aliphatic carbocycles. The Hall–Kier alpha value is -2.24. The van der Waals surface area contributed by atoms with Crippen molar-refractivity contribution in [3.05, 3.63) is 66.0 Å². The standard InChI is InChI=1S/C23H31N5/c1-2-3-11-27-15-21-16-28(14-20-12-25-22(24)26-13-20)18-23(21,17-27)10-9-19-7-5-4-6-8-19/h2-8,12-13,21H,9-11,14-18H2,1H3,(H2,24,25,26)/b3-2+. The maximum Gasteiger partial charge on any atom is 0.219 e. The number of hydrogen-bond donors (Lipinski definition) is 1. The molecule has 2 aliphatic rings. The zero-order chi connectivity index (χ0) is 19.4. The van der Waals surface area contributed by atoms with Crippen molar-refractivity contribution in [1.82, 2.24) is 19.8 Å². The van der Waals surface area contributed by atoms with Crippen molar-refractivity contribution in [1.29, 1.82) is 0 Å². The van der Waals surface area contributed by atoms with Gasteiger partial charge in [0.05, 0.1) is 0 Å². The van der Waals surface area contributed by atoms with E-state index in [0.717, 1.165) is 44.1 Å². The first-order chi connectivity index (χ1) is 13.7. The maximum absolute atomic E-state index is 5.63. The van der Waals surface area contributed by atoms with Gasteiger partial charge in [0.15, 0.2) is 0 Å². The van der Waals surface area contributed by atoms with Gasteiger partial charge in [-0.05, 0) is 31.2 Å². The molecule has 0 amide bonds. The third kappa shape index (κ3) is 4.26. The predicted molar refractivity (Wildman–Crippen MR) is 114 cm³/mol. The molecule has 2 saturated heterocycles. The van der Waals surface area contributed by atoms with Crippen LogP contribution in [0.1, 0.15) is 24.5 Å². The average Bonchev–Trinajstić information content (AvgIpc) is 3.20. The molecule has 5 nitrogen and oxygen atoms in total. The van der Waals surface area contributed by atoms with Crippen molar-refractivity contribution < 1.29 is 0 Å². The highest BCUT2D eigenvalue weighted by molar-refractivity contribution is 5.19. The summed E-state index contributed by atoms with van der Waals surface area (Å²) in [4.78, 5) is 13.5. The van der Waals surface area contributed by atoms with Gasteiger partial charge in [0.2, 0.25) is 5.95 Å². The van der Waals surface area contributed by atoms with E-state index in [2.05, 4.69) is 69.2 Å². The van der Waals surface area contributed by atoms with Crippen molar-refractivity contribution in [2.45, 2.75) is 26.3 Å². The number of rotatable bonds is 7. The molecule has 2 N–H and O–H groups in total. The molecule has 2 aromatic rings. The number of fused-ring (bicyclic) bond motifs is 1. The van der Waals surface area contributed by atoms with Gasteiger partial charge in [0, 0.05) is 62.6 Å². The molecule has 0 radical (unpaired) electrons. The van der Waals surface area contributed by atoms with Gasteiger partial charge in [-0.25, -0.2) is 9.97 Å². The van der Waals surface area contributed by atoms with E-state index in [1.54, 1.807) is 0 Å². The SMILES string of the molecule is C/C=C/CN1CC2CN(Cc3cnc(N)nc3)CC2(CCc2ccccc2)C1. The Morgan fingerprint density at radius 2 is 1.79 bits per heavy atom. The fraction of sp³-hybridized carbons (Fsp3) is 0.478. The van der Waals surface area contributed by atoms with E-state index in [0.29, 0.717) is 11.4 Å². The van der Waals surface area contributed by atoms with Gasteiger partial charge in [0.1, 0.15) is 0 Å². The minimum absolute atomic E-state index is 0.348. The Bertz CT molecular complexity index is 788. The van der Waals surface area contributed by atoms with Crippen LogP contribution in [0.3, 0.4) is 0 Å². The first-order valence-electron chi connectivity index (χ1n) is 10.3. The second-order valence-corrected chi connectivity index (χ2v) is 8.43. The Kier molecular flexibility index (Phi) is 5.74. The number of hydrogen-bond acceptors (Lipinski definition) is 5. The van der Waals surface area contributed by atoms with Crippen molar-refractivity contribution >= 4 is 5.95 Å². The summed E-state index contributed by atoms with van der Waals surface area (Å²) in [6, 6.07) is 10.9. The first kappa shape index (κ1) is 19.1. The summed E-state index contributed by atoms with van der Waals surface area (Å²) in [5.41, 5.74) is 8.62. The van der Waals surface area contributed by atoms with E-state index >= 15 is 0 Å². The fourth-order valence-corrected chi connectivity index (χ4v) is 5.02. The van der Waals surface area contributed by atoms with E-state index in [1.807, 2.05) is 12.4 Å². The van der Waals surface area contributed by atoms with E-state index < -0.39 is 0 Å². The highest BCUT2D eigenvalue weighted by Gasteiger charge is 2.51. The van der Waals surface area contributed by atoms with Crippen LogP contribution in [0.4, 0.5) is 5.95 Å². The summed E-state index contributed by atoms with van der Waals surface area (Å²) < 4.78 is 0. The molecule has 0 bridgehead atoms. The molecule has 0 saturated carbocycles. The second-order valence-electron chi connectivity index (χ2n) is 8.43. The zero-order valence-corrected chi connectivity index (χ0v) is 16.8. The van der Waals surface area contributed by atoms with Crippen LogP contribution in [0.2, 0.25) is 0 Å². The normalized spacial score (nSPS) is 25.5. The second kappa shape index (κ2) is 8.41. The number of benzene rings is 1. The monoisotopic (exact) mass is 377 g/mol. The number of allylic oxidation sites excluding steroid dienone is 1. The number of likely N-dealkylation sites (tertiary alicyclic amines) is 2. The van der Waals surface area contributed by atoms with Gasteiger partial charge in [0.25, 0.3) is 0 Å². The summed E-state index contributed by atoms with van der Waals surface area (Å²) in [6.07, 6.45) is 10.6. The minimum Gasteiger partial charge on any atom is -0.368 e. The molecule has 2 atom stereocenters. The number of nitrogens with zero attached hydrogens (tertiary/aromatic N) is 4. The molecule has 28 heavy (non-hydrogen) atoms. The van der Waals surface area contributed by atoms with Gasteiger partial charge in [-0.1, -0.05) is 42.5 Å². The molecule has 1 aromatic carbocycles. The summed E-state index contributed by atoms with van der Waals surface area (Å²) in [6.45, 7) is 8.81. The van der Waals surface area contributed by atoms with Gasteiger partial charge in [-0.2, -0.15) is 0 Å². The summed E-state index contributed by atoms with van der Waals surface area (Å²) in [7, 11) is 0. The Balaban J connectivity index is 1.46. The number of aromatic nitrogens is 2. The van der Waals surface area contributed by atoms with Crippen LogP contribution in [0.15, 0.2) is 54.9 Å². The fourth-order valence-electron chi connectivity index (χ4n) is 5.02. The van der Waals surface area contributed by atoms with E-state index in [9.17, 15) is 0 Å². The smallest absolute Gasteiger partial charge is 0.219 e. The third-order valence-corrected chi connectivity index (χ3v) is 6.39. The van der Waals surface area contributed by atoms with Crippen LogP contribution in [-0.2, 0) is 13.0 Å². The lowest BCUT2D eigenvalue weighted by Crippen LogP contribution is -2.34. The molecule has 2 aliphatic heterocycles. The molecule has 2 unspecified atom stereocenters. The van der Waals surface area contributed by atoms with Gasteiger partial charge in [-0.15, -0.1) is 0 Å². The zero-order valence-electron chi connectivity index (χ0n) is 16.8. The number of aryl methyl sites for hydroxylation is 1. The predicted octanol–water partition coefficient (Wildman–Crippen LogP) is 3.00. The molecule has 5 heteroatoms. The Morgan fingerprint density at radius 3 is 2.54 bits per heavy atom. The number of anilines is 1. The van der Waals surface area contributed by atoms with Crippen molar-refractivity contribution in [3.63, 3.8) is 0 Å². The minimum atomic E-state index is 0.348. The summed E-state index contributed by atoms with van der Waals surface area (Å²) in [5.74, 6) is 1.08. The lowest BCUT2D eigenvalue weighted by atomic mass is 9.76. The van der Waals surface area contributed by atoms with E-state index in [4.69, 9.17) is 5.73 Å². The van der Waals surface area contributed by atoms with Crippen molar-refractivity contribution in [2.24, 2.45) is 11.3 Å². The molecule has 2 fully saturated rings. The highest BCUT2D eigenvalue weighted by Crippen LogP contribution is 2.46. The van der Waals surface area contributed by atoms with Gasteiger partial charge in [-0.3, -0.25) is 9.80 Å². The molecular formula is C23H31N5. The summed E-state index contributed by atoms with van der Waals surface area (Å²) in [5, 5.41) is 0. The van der Waals surface area contributed by atoms with Crippen LogP contribution < -0.4 is 5.73 Å². The molecule has 0 spiro atoms. The van der Waals surface area contributed by atoms with Crippen LogP contribution in [0.5, 0.6) is 0 Å². The number of nitrogens with two attached hydrogens (primary N) is 1. The number of nitrogen functional groups attached to an aromatic ring is 1. The topological polar surface area (TPSA) is 58.3 Å². The van der Waals surface area contributed by atoms with Gasteiger partial charge >= 0.3 is 0 Å². The Morgan fingerprint density at radius 1 is 1.07 bits per heavy atom. The van der Waals surface area contributed by atoms with Crippen molar-refractivity contribution in [2.75, 3.05) is 38.5 Å². The molecule has 148 valence electrons. The highest BCUT2D eigenvalue weighted by atomic mass is 15.2. The third-order valence-electron chi connectivity index (χ3n) is 6.39. The van der Waals surface area contributed by atoms with Gasteiger partial charge < -0.3 is 5.73 Å². The molecule has 1 aromatic heterocycles. The Labute approximate surface area is 168 Å². The lowest BCUT2D eigenvalue weighted by Gasteiger charge is -2.30. The first-order valence-corrected chi connectivity index (χ1v) is 10.3. The van der Waals surface area contributed by atoms with Crippen LogP contribution in [0.25, 0.3) is 0 Å². The molecule has 4 rings (SSSR count). The maximum atomic E-state index is 5.63. The average molecular weight is 378 g/mol. The van der Waals surface area contributed by atoms with Crippen LogP contribution in [-0.4, -0.2) is 52.5 Å². The van der Waals surface area contributed by atoms with Crippen LogP contribution >= 0.6 is 0 Å². The lowest BCUT2D eigenvalue weighted by molar-refractivity contribution is 0.205. The largest absolute Gasteiger partial charge is 0.368 e. The van der Waals surface area contributed by atoms with E-state index in [1.165, 1.54) is 25.1 Å². The molecule has 3 heterocycles. The quantitative estimate of drug-likeness (QED) is 0.752. The van der Waals surface area contributed by atoms with Crippen molar-refractivity contribution in [3.8, 4) is 0 Å². The summed E-state index contributed by atoms with van der Waals surface area (Å²) >= 11 is 0. The van der Waals surface area contributed by atoms with E-state index in [-0.39, 0.29) is 0 Å².